The molecule has 1 unspecified atom stereocenters. The van der Waals surface area contributed by atoms with E-state index in [1.807, 2.05) is 31.3 Å². The summed E-state index contributed by atoms with van der Waals surface area (Å²) in [7, 11) is 1.34. The fourth-order valence-electron chi connectivity index (χ4n) is 3.81. The molecule has 4 rings (SSSR count). The summed E-state index contributed by atoms with van der Waals surface area (Å²) >= 11 is 0. The molecule has 1 aliphatic heterocycles. The highest BCUT2D eigenvalue weighted by molar-refractivity contribution is 5.87. The number of aryl methyl sites for hydroxylation is 1. The van der Waals surface area contributed by atoms with Crippen LogP contribution in [-0.4, -0.2) is 52.1 Å². The standard InChI is InChI=1S/C22H25N5O3/c1-3-15-9-19-20(26-21(15)28)8-14(10-23-19)12-27-7-6-17(13-27)25-16-4-5-18(24-11-16)22(29)30-2/h4-5,8-11,17,25H,3,6-7,12-13H2,1-2H3,(H,26,28). The Labute approximate surface area is 174 Å². The van der Waals surface area contributed by atoms with E-state index >= 15 is 0 Å². The van der Waals surface area contributed by atoms with E-state index in [1.54, 1.807) is 12.3 Å². The number of likely N-dealkylation sites (tertiary alicyclic amines) is 1. The van der Waals surface area contributed by atoms with Crippen molar-refractivity contribution in [1.82, 2.24) is 19.9 Å². The van der Waals surface area contributed by atoms with E-state index in [1.165, 1.54) is 7.11 Å². The Hall–Kier alpha value is -3.26. The summed E-state index contributed by atoms with van der Waals surface area (Å²) in [5, 5.41) is 3.47. The van der Waals surface area contributed by atoms with Gasteiger partial charge < -0.3 is 15.0 Å². The molecule has 8 heteroatoms. The van der Waals surface area contributed by atoms with Crippen molar-refractivity contribution in [2.75, 3.05) is 25.5 Å². The number of pyridine rings is 3. The summed E-state index contributed by atoms with van der Waals surface area (Å²) in [6.45, 7) is 4.60. The number of fused-ring (bicyclic) bond motifs is 1. The van der Waals surface area contributed by atoms with Gasteiger partial charge in [-0.05, 0) is 42.7 Å². The Morgan fingerprint density at radius 2 is 2.17 bits per heavy atom. The lowest BCUT2D eigenvalue weighted by Crippen LogP contribution is -2.26. The van der Waals surface area contributed by atoms with E-state index in [0.717, 1.165) is 53.9 Å². The fraction of sp³-hybridized carbons (Fsp3) is 0.364. The molecule has 0 aliphatic carbocycles. The van der Waals surface area contributed by atoms with Gasteiger partial charge in [0.2, 0.25) is 0 Å². The van der Waals surface area contributed by atoms with Gasteiger partial charge in [-0.25, -0.2) is 9.78 Å². The SMILES string of the molecule is CCc1cc2ncc(CN3CCC(Nc4ccc(C(=O)OC)nc4)C3)cc2[nH]c1=O. The number of rotatable bonds is 6. The molecule has 8 nitrogen and oxygen atoms in total. The van der Waals surface area contributed by atoms with Crippen LogP contribution in [0.15, 0.2) is 41.5 Å². The lowest BCUT2D eigenvalue weighted by atomic mass is 10.1. The highest BCUT2D eigenvalue weighted by atomic mass is 16.5. The molecule has 0 amide bonds. The molecule has 0 spiro atoms. The van der Waals surface area contributed by atoms with Gasteiger partial charge in [0.25, 0.3) is 5.56 Å². The van der Waals surface area contributed by atoms with Crippen molar-refractivity contribution < 1.29 is 9.53 Å². The Kier molecular flexibility index (Phi) is 5.76. The van der Waals surface area contributed by atoms with E-state index in [2.05, 4.69) is 29.9 Å². The molecule has 0 bridgehead atoms. The van der Waals surface area contributed by atoms with Crippen LogP contribution in [0.2, 0.25) is 0 Å². The predicted octanol–water partition coefficient (Wildman–Crippen LogP) is 2.35. The minimum absolute atomic E-state index is 0.0405. The Balaban J connectivity index is 1.38. The van der Waals surface area contributed by atoms with E-state index < -0.39 is 5.97 Å². The topological polar surface area (TPSA) is 100 Å². The Morgan fingerprint density at radius 3 is 2.90 bits per heavy atom. The number of ether oxygens (including phenoxy) is 1. The first-order chi connectivity index (χ1) is 14.6. The first-order valence-corrected chi connectivity index (χ1v) is 10.1. The van der Waals surface area contributed by atoms with Gasteiger partial charge in [0.1, 0.15) is 5.69 Å². The van der Waals surface area contributed by atoms with Crippen LogP contribution in [-0.2, 0) is 17.7 Å². The molecule has 1 saturated heterocycles. The number of nitrogens with zero attached hydrogens (tertiary/aromatic N) is 3. The monoisotopic (exact) mass is 407 g/mol. The van der Waals surface area contributed by atoms with Gasteiger partial charge in [0.15, 0.2) is 0 Å². The van der Waals surface area contributed by atoms with Gasteiger partial charge in [-0.1, -0.05) is 6.92 Å². The van der Waals surface area contributed by atoms with Crippen molar-refractivity contribution in [2.45, 2.75) is 32.4 Å². The van der Waals surface area contributed by atoms with Crippen molar-refractivity contribution in [3.05, 3.63) is 63.8 Å². The third-order valence-electron chi connectivity index (χ3n) is 5.41. The molecule has 0 aromatic carbocycles. The minimum atomic E-state index is -0.440. The molecule has 1 aliphatic rings. The van der Waals surface area contributed by atoms with Crippen molar-refractivity contribution in [2.24, 2.45) is 0 Å². The maximum Gasteiger partial charge on any atom is 0.356 e. The molecule has 1 fully saturated rings. The Bertz CT molecular complexity index is 1110. The van der Waals surface area contributed by atoms with Crippen LogP contribution in [0.4, 0.5) is 5.69 Å². The number of carbonyl (C=O) groups excluding carboxylic acids is 1. The summed E-state index contributed by atoms with van der Waals surface area (Å²) in [4.78, 5) is 37.5. The van der Waals surface area contributed by atoms with Gasteiger partial charge >= 0.3 is 5.97 Å². The number of hydrogen-bond donors (Lipinski definition) is 2. The molecule has 30 heavy (non-hydrogen) atoms. The van der Waals surface area contributed by atoms with Crippen LogP contribution >= 0.6 is 0 Å². The molecular weight excluding hydrogens is 382 g/mol. The third kappa shape index (κ3) is 4.33. The number of H-pyrrole nitrogens is 1. The summed E-state index contributed by atoms with van der Waals surface area (Å²) < 4.78 is 4.67. The van der Waals surface area contributed by atoms with Crippen LogP contribution in [0, 0.1) is 0 Å². The second-order valence-corrected chi connectivity index (χ2v) is 7.54. The number of aromatic amines is 1. The number of methoxy groups -OCH3 is 1. The van der Waals surface area contributed by atoms with Crippen LogP contribution < -0.4 is 10.9 Å². The number of carbonyl (C=O) groups is 1. The summed E-state index contributed by atoms with van der Waals surface area (Å²) in [5.41, 5.74) is 4.56. The highest BCUT2D eigenvalue weighted by Crippen LogP contribution is 2.19. The molecular formula is C22H25N5O3. The lowest BCUT2D eigenvalue weighted by molar-refractivity contribution is 0.0594. The van der Waals surface area contributed by atoms with Crippen molar-refractivity contribution in [1.29, 1.82) is 0 Å². The second kappa shape index (κ2) is 8.62. The third-order valence-corrected chi connectivity index (χ3v) is 5.41. The molecule has 4 heterocycles. The molecule has 0 radical (unpaired) electrons. The highest BCUT2D eigenvalue weighted by Gasteiger charge is 2.22. The van der Waals surface area contributed by atoms with Crippen LogP contribution in [0.3, 0.4) is 0 Å². The summed E-state index contributed by atoms with van der Waals surface area (Å²) in [5.74, 6) is -0.440. The smallest absolute Gasteiger partial charge is 0.356 e. The van der Waals surface area contributed by atoms with Crippen molar-refractivity contribution in [3.63, 3.8) is 0 Å². The lowest BCUT2D eigenvalue weighted by Gasteiger charge is -2.17. The number of aromatic nitrogens is 3. The first-order valence-electron chi connectivity index (χ1n) is 10.1. The second-order valence-electron chi connectivity index (χ2n) is 7.54. The normalized spacial score (nSPS) is 16.7. The van der Waals surface area contributed by atoms with Gasteiger partial charge in [0.05, 0.1) is 30.0 Å². The number of nitrogens with one attached hydrogen (secondary N) is 2. The van der Waals surface area contributed by atoms with Crippen molar-refractivity contribution in [3.8, 4) is 0 Å². The molecule has 3 aromatic rings. The Morgan fingerprint density at radius 1 is 1.30 bits per heavy atom. The zero-order valence-corrected chi connectivity index (χ0v) is 17.1. The number of anilines is 1. The summed E-state index contributed by atoms with van der Waals surface area (Å²) in [6, 6.07) is 7.69. The molecule has 0 saturated carbocycles. The van der Waals surface area contributed by atoms with E-state index in [0.29, 0.717) is 18.2 Å². The molecule has 3 aromatic heterocycles. The summed E-state index contributed by atoms with van der Waals surface area (Å²) in [6.07, 6.45) is 5.24. The zero-order valence-electron chi connectivity index (χ0n) is 17.1. The maximum atomic E-state index is 12.1. The first kappa shape index (κ1) is 20.0. The zero-order chi connectivity index (χ0) is 21.1. The maximum absolute atomic E-state index is 12.1. The fourth-order valence-corrected chi connectivity index (χ4v) is 3.81. The van der Waals surface area contributed by atoms with Gasteiger partial charge in [-0.2, -0.15) is 0 Å². The van der Waals surface area contributed by atoms with Crippen LogP contribution in [0.25, 0.3) is 11.0 Å². The number of hydrogen-bond acceptors (Lipinski definition) is 7. The molecule has 1 atom stereocenters. The van der Waals surface area contributed by atoms with Crippen molar-refractivity contribution >= 4 is 22.7 Å². The van der Waals surface area contributed by atoms with Crippen LogP contribution in [0.5, 0.6) is 0 Å². The van der Waals surface area contributed by atoms with Gasteiger partial charge in [-0.3, -0.25) is 14.7 Å². The van der Waals surface area contributed by atoms with E-state index in [-0.39, 0.29) is 5.56 Å². The van der Waals surface area contributed by atoms with Gasteiger partial charge in [0, 0.05) is 37.4 Å². The van der Waals surface area contributed by atoms with E-state index in [4.69, 9.17) is 0 Å². The average Bonchev–Trinajstić information content (AvgIpc) is 3.19. The minimum Gasteiger partial charge on any atom is -0.464 e. The average molecular weight is 407 g/mol. The van der Waals surface area contributed by atoms with Gasteiger partial charge in [-0.15, -0.1) is 0 Å². The largest absolute Gasteiger partial charge is 0.464 e. The number of esters is 1. The predicted molar refractivity (Wildman–Crippen MR) is 115 cm³/mol. The molecule has 156 valence electrons. The quantitative estimate of drug-likeness (QED) is 0.605. The molecule has 2 N–H and O–H groups in total. The van der Waals surface area contributed by atoms with E-state index in [9.17, 15) is 9.59 Å². The van der Waals surface area contributed by atoms with Crippen LogP contribution in [0.1, 0.15) is 35.0 Å².